The number of carbonyl (C=O) groups excluding carboxylic acids is 1. The van der Waals surface area contributed by atoms with Crippen molar-refractivity contribution in [2.45, 2.75) is 33.7 Å². The first-order chi connectivity index (χ1) is 10.6. The van der Waals surface area contributed by atoms with Crippen molar-refractivity contribution in [3.8, 4) is 0 Å². The van der Waals surface area contributed by atoms with Gasteiger partial charge in [0.2, 0.25) is 6.41 Å². The number of benzene rings is 1. The van der Waals surface area contributed by atoms with Crippen molar-refractivity contribution < 1.29 is 4.79 Å². The lowest BCUT2D eigenvalue weighted by Gasteiger charge is -2.17. The molecule has 4 heteroatoms. The third-order valence-electron chi connectivity index (χ3n) is 4.08. The highest BCUT2D eigenvalue weighted by Crippen LogP contribution is 2.32. The Morgan fingerprint density at radius 1 is 1.45 bits per heavy atom. The quantitative estimate of drug-likeness (QED) is 0.830. The van der Waals surface area contributed by atoms with Crippen LogP contribution >= 0.6 is 11.8 Å². The van der Waals surface area contributed by atoms with Crippen LogP contribution in [0.5, 0.6) is 0 Å². The topological polar surface area (TPSA) is 32.3 Å². The molecular formula is C18H24N2OS. The third-order valence-corrected chi connectivity index (χ3v) is 5.36. The summed E-state index contributed by atoms with van der Waals surface area (Å²) < 4.78 is 0. The maximum Gasteiger partial charge on any atom is 0.214 e. The summed E-state index contributed by atoms with van der Waals surface area (Å²) >= 11 is 1.74. The van der Waals surface area contributed by atoms with Crippen LogP contribution < -0.4 is 5.32 Å². The van der Waals surface area contributed by atoms with E-state index in [-0.39, 0.29) is 6.04 Å². The standard InChI is InChI=1S/C18H24N2OS/c1-5-16(9-18-20(12-21)14(3)11-22-18)10-19-17-8-6-7-13(2)15(17)4/h5-9,12,14,19H,10-11H2,1-4H3/b16-5+,18-9+. The number of amides is 1. The second-order valence-electron chi connectivity index (χ2n) is 5.62. The van der Waals surface area contributed by atoms with Gasteiger partial charge in [-0.1, -0.05) is 18.2 Å². The normalized spacial score (nSPS) is 20.5. The largest absolute Gasteiger partial charge is 0.381 e. The lowest BCUT2D eigenvalue weighted by Crippen LogP contribution is -2.25. The SMILES string of the molecule is C/C=C(\C=C1\SCC(C)N1C=O)CNc1cccc(C)c1C. The van der Waals surface area contributed by atoms with E-state index in [1.54, 1.807) is 11.8 Å². The Morgan fingerprint density at radius 2 is 2.23 bits per heavy atom. The van der Waals surface area contributed by atoms with Crippen molar-refractivity contribution in [1.29, 1.82) is 0 Å². The van der Waals surface area contributed by atoms with E-state index in [0.717, 1.165) is 29.4 Å². The molecule has 1 aliphatic heterocycles. The number of aryl methyl sites for hydroxylation is 1. The molecule has 1 unspecified atom stereocenters. The smallest absolute Gasteiger partial charge is 0.214 e. The van der Waals surface area contributed by atoms with E-state index < -0.39 is 0 Å². The average Bonchev–Trinajstić information content (AvgIpc) is 2.87. The number of allylic oxidation sites excluding steroid dienone is 1. The molecule has 2 rings (SSSR count). The first kappa shape index (κ1) is 16.7. The zero-order valence-corrected chi connectivity index (χ0v) is 14.5. The molecule has 1 fully saturated rings. The third kappa shape index (κ3) is 3.74. The molecule has 118 valence electrons. The van der Waals surface area contributed by atoms with Crippen LogP contribution in [0.2, 0.25) is 0 Å². The van der Waals surface area contributed by atoms with Gasteiger partial charge in [-0.05, 0) is 56.5 Å². The average molecular weight is 316 g/mol. The molecule has 3 nitrogen and oxygen atoms in total. The Labute approximate surface area is 137 Å². The van der Waals surface area contributed by atoms with Crippen molar-refractivity contribution in [3.63, 3.8) is 0 Å². The highest BCUT2D eigenvalue weighted by Gasteiger charge is 2.24. The number of nitrogens with one attached hydrogen (secondary N) is 1. The number of carbonyl (C=O) groups is 1. The Morgan fingerprint density at radius 3 is 2.91 bits per heavy atom. The van der Waals surface area contributed by atoms with Crippen LogP contribution in [0.4, 0.5) is 5.69 Å². The summed E-state index contributed by atoms with van der Waals surface area (Å²) in [5.74, 6) is 0.964. The highest BCUT2D eigenvalue weighted by molar-refractivity contribution is 8.03. The molecule has 0 radical (unpaired) electrons. The van der Waals surface area contributed by atoms with Crippen LogP contribution in [0.25, 0.3) is 0 Å². The van der Waals surface area contributed by atoms with E-state index in [9.17, 15) is 4.79 Å². The van der Waals surface area contributed by atoms with Crippen molar-refractivity contribution in [2.24, 2.45) is 0 Å². The number of hydrogen-bond acceptors (Lipinski definition) is 3. The predicted octanol–water partition coefficient (Wildman–Crippen LogP) is 4.10. The summed E-state index contributed by atoms with van der Waals surface area (Å²) in [4.78, 5) is 13.0. The molecule has 1 aliphatic rings. The number of anilines is 1. The molecule has 1 aromatic carbocycles. The van der Waals surface area contributed by atoms with Gasteiger partial charge in [0.05, 0.1) is 5.03 Å². The highest BCUT2D eigenvalue weighted by atomic mass is 32.2. The van der Waals surface area contributed by atoms with Crippen molar-refractivity contribution >= 4 is 23.9 Å². The number of nitrogens with zero attached hydrogens (tertiary/aromatic N) is 1. The van der Waals surface area contributed by atoms with E-state index in [1.165, 1.54) is 16.7 Å². The van der Waals surface area contributed by atoms with E-state index >= 15 is 0 Å². The zero-order chi connectivity index (χ0) is 16.1. The molecule has 0 spiro atoms. The Balaban J connectivity index is 2.08. The van der Waals surface area contributed by atoms with Crippen LogP contribution in [-0.2, 0) is 4.79 Å². The maximum atomic E-state index is 11.2. The molecule has 1 aromatic rings. The van der Waals surface area contributed by atoms with Crippen LogP contribution in [-0.4, -0.2) is 29.6 Å². The summed E-state index contributed by atoms with van der Waals surface area (Å²) in [7, 11) is 0. The number of hydrogen-bond donors (Lipinski definition) is 1. The van der Waals surface area contributed by atoms with Crippen LogP contribution in [0.1, 0.15) is 25.0 Å². The second kappa shape index (κ2) is 7.54. The molecule has 1 saturated heterocycles. The zero-order valence-electron chi connectivity index (χ0n) is 13.7. The Kier molecular flexibility index (Phi) is 5.72. The van der Waals surface area contributed by atoms with Gasteiger partial charge >= 0.3 is 0 Å². The lowest BCUT2D eigenvalue weighted by atomic mass is 10.1. The van der Waals surface area contributed by atoms with Crippen LogP contribution in [0, 0.1) is 13.8 Å². The first-order valence-corrected chi connectivity index (χ1v) is 8.58. The fourth-order valence-corrected chi connectivity index (χ4v) is 3.56. The number of rotatable bonds is 5. The van der Waals surface area contributed by atoms with Gasteiger partial charge in [-0.2, -0.15) is 0 Å². The fourth-order valence-electron chi connectivity index (χ4n) is 2.38. The van der Waals surface area contributed by atoms with Crippen LogP contribution in [0.15, 0.2) is 41.0 Å². The molecule has 22 heavy (non-hydrogen) atoms. The van der Waals surface area contributed by atoms with Gasteiger partial charge in [0.1, 0.15) is 0 Å². The van der Waals surface area contributed by atoms with E-state index in [2.05, 4.69) is 56.4 Å². The van der Waals surface area contributed by atoms with Crippen molar-refractivity contribution in [3.05, 3.63) is 52.1 Å². The molecule has 0 aliphatic carbocycles. The van der Waals surface area contributed by atoms with E-state index in [0.29, 0.717) is 0 Å². The summed E-state index contributed by atoms with van der Waals surface area (Å²) in [6.45, 7) is 9.12. The summed E-state index contributed by atoms with van der Waals surface area (Å²) in [6.07, 6.45) is 5.14. The maximum absolute atomic E-state index is 11.2. The molecular weight excluding hydrogens is 292 g/mol. The molecule has 1 heterocycles. The summed E-state index contributed by atoms with van der Waals surface area (Å²) in [5, 5.41) is 4.53. The van der Waals surface area contributed by atoms with E-state index in [1.807, 2.05) is 11.8 Å². The Hall–Kier alpha value is -1.68. The molecule has 0 aromatic heterocycles. The van der Waals surface area contributed by atoms with Gasteiger partial charge in [0, 0.05) is 24.0 Å². The van der Waals surface area contributed by atoms with Crippen molar-refractivity contribution in [1.82, 2.24) is 4.90 Å². The monoisotopic (exact) mass is 316 g/mol. The summed E-state index contributed by atoms with van der Waals surface area (Å²) in [5.41, 5.74) is 4.92. The van der Waals surface area contributed by atoms with Gasteiger partial charge in [-0.25, -0.2) is 0 Å². The van der Waals surface area contributed by atoms with Gasteiger partial charge in [-0.3, -0.25) is 4.79 Å². The molecule has 0 bridgehead atoms. The minimum absolute atomic E-state index is 0.277. The lowest BCUT2D eigenvalue weighted by molar-refractivity contribution is -0.116. The molecule has 1 atom stereocenters. The van der Waals surface area contributed by atoms with Crippen molar-refractivity contribution in [2.75, 3.05) is 17.6 Å². The van der Waals surface area contributed by atoms with Gasteiger partial charge in [0.25, 0.3) is 0 Å². The van der Waals surface area contributed by atoms with Gasteiger partial charge < -0.3 is 10.2 Å². The Bertz CT molecular complexity index is 607. The van der Waals surface area contributed by atoms with E-state index in [4.69, 9.17) is 0 Å². The first-order valence-electron chi connectivity index (χ1n) is 7.60. The predicted molar refractivity (Wildman–Crippen MR) is 96.1 cm³/mol. The minimum atomic E-state index is 0.277. The minimum Gasteiger partial charge on any atom is -0.381 e. The molecule has 1 amide bonds. The second-order valence-corrected chi connectivity index (χ2v) is 6.66. The van der Waals surface area contributed by atoms with Crippen LogP contribution in [0.3, 0.4) is 0 Å². The summed E-state index contributed by atoms with van der Waals surface area (Å²) in [6, 6.07) is 6.57. The van der Waals surface area contributed by atoms with Gasteiger partial charge in [-0.15, -0.1) is 11.8 Å². The molecule has 0 saturated carbocycles. The fraction of sp³-hybridized carbons (Fsp3) is 0.389. The van der Waals surface area contributed by atoms with Gasteiger partial charge in [0.15, 0.2) is 0 Å². The molecule has 1 N–H and O–H groups in total. The number of thioether (sulfide) groups is 1.